The number of rotatable bonds is 16. The maximum absolute atomic E-state index is 12.2. The number of carboxylic acid groups (broad SMARTS) is 2. The summed E-state index contributed by atoms with van der Waals surface area (Å²) >= 11 is 0. The SMILES string of the molecule is O=C(O)CCC(=O)N[C@H]1[C@H](O[C@@H]([C@@H](O)[C@H](O)CO)[C@H](CO)NC(=O)CCC(=O)O)O[C@H](CO)[C@@H](O)[C@@H]1O. The molecule has 0 spiro atoms. The van der Waals surface area contributed by atoms with Crippen LogP contribution in [0.1, 0.15) is 25.7 Å². The molecule has 1 rings (SSSR count). The average Bonchev–Trinajstić information content (AvgIpc) is 2.86. The van der Waals surface area contributed by atoms with Crippen LogP contribution in [0.15, 0.2) is 0 Å². The first-order chi connectivity index (χ1) is 17.4. The quantitative estimate of drug-likeness (QED) is 0.0865. The van der Waals surface area contributed by atoms with Gasteiger partial charge in [0.25, 0.3) is 0 Å². The summed E-state index contributed by atoms with van der Waals surface area (Å²) in [4.78, 5) is 45.8. The van der Waals surface area contributed by atoms with E-state index in [1.54, 1.807) is 0 Å². The Labute approximate surface area is 210 Å². The van der Waals surface area contributed by atoms with Crippen molar-refractivity contribution in [3.05, 3.63) is 0 Å². The van der Waals surface area contributed by atoms with E-state index in [1.165, 1.54) is 0 Å². The Morgan fingerprint density at radius 2 is 1.41 bits per heavy atom. The molecule has 0 aromatic rings. The third-order valence-corrected chi connectivity index (χ3v) is 5.49. The van der Waals surface area contributed by atoms with Crippen molar-refractivity contribution in [1.29, 1.82) is 0 Å². The van der Waals surface area contributed by atoms with Crippen LogP contribution in [-0.2, 0) is 28.7 Å². The van der Waals surface area contributed by atoms with Crippen LogP contribution in [-0.4, -0.2) is 145 Å². The van der Waals surface area contributed by atoms with Crippen LogP contribution in [0.5, 0.6) is 0 Å². The molecule has 1 saturated heterocycles. The molecule has 37 heavy (non-hydrogen) atoms. The van der Waals surface area contributed by atoms with Gasteiger partial charge in [0.15, 0.2) is 6.29 Å². The van der Waals surface area contributed by atoms with Crippen molar-refractivity contribution in [3.63, 3.8) is 0 Å². The minimum atomic E-state index is -2.04. The van der Waals surface area contributed by atoms with Crippen molar-refractivity contribution >= 4 is 23.8 Å². The van der Waals surface area contributed by atoms with E-state index >= 15 is 0 Å². The Morgan fingerprint density at radius 3 is 1.89 bits per heavy atom. The number of nitrogens with one attached hydrogen (secondary N) is 2. The van der Waals surface area contributed by atoms with Crippen LogP contribution in [0.4, 0.5) is 0 Å². The lowest BCUT2D eigenvalue weighted by Gasteiger charge is -2.45. The molecular formula is C20H34N2O15. The minimum absolute atomic E-state index is 0.531. The first-order valence-electron chi connectivity index (χ1n) is 11.2. The zero-order valence-corrected chi connectivity index (χ0v) is 19.6. The second-order valence-corrected chi connectivity index (χ2v) is 8.29. The van der Waals surface area contributed by atoms with E-state index in [1.807, 2.05) is 0 Å². The molecule has 1 aliphatic heterocycles. The second-order valence-electron chi connectivity index (χ2n) is 8.29. The van der Waals surface area contributed by atoms with E-state index in [2.05, 4.69) is 10.6 Å². The fourth-order valence-corrected chi connectivity index (χ4v) is 3.46. The van der Waals surface area contributed by atoms with E-state index in [0.717, 1.165) is 0 Å². The van der Waals surface area contributed by atoms with Crippen molar-refractivity contribution in [3.8, 4) is 0 Å². The zero-order chi connectivity index (χ0) is 28.3. The van der Waals surface area contributed by atoms with Crippen molar-refractivity contribution in [1.82, 2.24) is 10.6 Å². The van der Waals surface area contributed by atoms with E-state index in [4.69, 9.17) is 19.7 Å². The summed E-state index contributed by atoms with van der Waals surface area (Å²) in [5, 5.41) is 91.7. The highest BCUT2D eigenvalue weighted by Crippen LogP contribution is 2.25. The Balaban J connectivity index is 3.25. The first kappa shape index (κ1) is 32.5. The van der Waals surface area contributed by atoms with Crippen molar-refractivity contribution in [2.45, 2.75) is 80.7 Å². The Hall–Kier alpha value is -2.48. The summed E-state index contributed by atoms with van der Waals surface area (Å²) in [6.45, 7) is -2.80. The molecule has 1 fully saturated rings. The number of amides is 2. The first-order valence-corrected chi connectivity index (χ1v) is 11.2. The number of aliphatic hydroxyl groups is 7. The van der Waals surface area contributed by atoms with Gasteiger partial charge in [-0.15, -0.1) is 0 Å². The number of hydrogen-bond donors (Lipinski definition) is 11. The molecule has 2 amide bonds. The van der Waals surface area contributed by atoms with Crippen LogP contribution in [0.3, 0.4) is 0 Å². The average molecular weight is 542 g/mol. The molecule has 0 aliphatic carbocycles. The van der Waals surface area contributed by atoms with Crippen molar-refractivity contribution < 1.29 is 74.6 Å². The summed E-state index contributed by atoms with van der Waals surface area (Å²) < 4.78 is 11.0. The van der Waals surface area contributed by atoms with E-state index < -0.39 is 124 Å². The van der Waals surface area contributed by atoms with Gasteiger partial charge >= 0.3 is 11.9 Å². The summed E-state index contributed by atoms with van der Waals surface area (Å²) in [6, 6.07) is -3.19. The van der Waals surface area contributed by atoms with E-state index in [0.29, 0.717) is 0 Å². The number of carbonyl (C=O) groups is 4. The van der Waals surface area contributed by atoms with Crippen molar-refractivity contribution in [2.75, 3.05) is 19.8 Å². The fourth-order valence-electron chi connectivity index (χ4n) is 3.46. The molecule has 17 heteroatoms. The van der Waals surface area contributed by atoms with Gasteiger partial charge in [-0.2, -0.15) is 0 Å². The smallest absolute Gasteiger partial charge is 0.303 e. The molecule has 9 atom stereocenters. The highest BCUT2D eigenvalue weighted by atomic mass is 16.7. The molecule has 1 aliphatic rings. The maximum atomic E-state index is 12.2. The van der Waals surface area contributed by atoms with Gasteiger partial charge < -0.3 is 66.1 Å². The lowest BCUT2D eigenvalue weighted by Crippen LogP contribution is -2.67. The summed E-state index contributed by atoms with van der Waals surface area (Å²) in [5.41, 5.74) is 0. The minimum Gasteiger partial charge on any atom is -0.481 e. The van der Waals surface area contributed by atoms with Crippen LogP contribution < -0.4 is 10.6 Å². The zero-order valence-electron chi connectivity index (χ0n) is 19.6. The normalized spacial score (nSPS) is 26.9. The molecule has 0 bridgehead atoms. The van der Waals surface area contributed by atoms with Crippen molar-refractivity contribution in [2.24, 2.45) is 0 Å². The van der Waals surface area contributed by atoms with Crippen LogP contribution in [0.25, 0.3) is 0 Å². The molecule has 0 aromatic carbocycles. The van der Waals surface area contributed by atoms with Gasteiger partial charge in [-0.05, 0) is 0 Å². The molecule has 17 nitrogen and oxygen atoms in total. The van der Waals surface area contributed by atoms with Crippen LogP contribution in [0, 0.1) is 0 Å². The van der Waals surface area contributed by atoms with E-state index in [-0.39, 0.29) is 0 Å². The third-order valence-electron chi connectivity index (χ3n) is 5.49. The van der Waals surface area contributed by atoms with Gasteiger partial charge in [0.2, 0.25) is 11.8 Å². The second kappa shape index (κ2) is 15.7. The predicted molar refractivity (Wildman–Crippen MR) is 116 cm³/mol. The predicted octanol–water partition coefficient (Wildman–Crippen LogP) is -5.78. The molecule has 1 heterocycles. The fraction of sp³-hybridized carbons (Fsp3) is 0.800. The molecule has 11 N–H and O–H groups in total. The summed E-state index contributed by atoms with van der Waals surface area (Å²) in [5.74, 6) is -4.40. The number of aliphatic hydroxyl groups excluding tert-OH is 7. The summed E-state index contributed by atoms with van der Waals surface area (Å²) in [7, 11) is 0. The maximum Gasteiger partial charge on any atom is 0.303 e. The van der Waals surface area contributed by atoms with Gasteiger partial charge in [-0.1, -0.05) is 0 Å². The number of aliphatic carboxylic acids is 2. The van der Waals surface area contributed by atoms with Crippen LogP contribution in [0.2, 0.25) is 0 Å². The third kappa shape index (κ3) is 10.1. The largest absolute Gasteiger partial charge is 0.481 e. The monoisotopic (exact) mass is 542 g/mol. The van der Waals surface area contributed by atoms with E-state index in [9.17, 15) is 54.9 Å². The molecule has 214 valence electrons. The van der Waals surface area contributed by atoms with Gasteiger partial charge in [0.1, 0.15) is 42.7 Å². The molecule has 0 saturated carbocycles. The number of ether oxygens (including phenoxy) is 2. The molecule has 0 radical (unpaired) electrons. The number of carbonyl (C=O) groups excluding carboxylic acids is 2. The van der Waals surface area contributed by atoms with Gasteiger partial charge in [-0.25, -0.2) is 0 Å². The Morgan fingerprint density at radius 1 is 0.838 bits per heavy atom. The summed E-state index contributed by atoms with van der Waals surface area (Å²) in [6.07, 6.45) is -14.9. The lowest BCUT2D eigenvalue weighted by molar-refractivity contribution is -0.296. The van der Waals surface area contributed by atoms with Crippen LogP contribution >= 0.6 is 0 Å². The standard InChI is InChI=1S/C20H34N2O15/c23-5-8(21-11(27)1-3-13(29)30)19(16(33)9(26)6-24)37-20-15(22-12(28)2-4-14(31)32)18(35)17(34)10(7-25)36-20/h8-10,15-20,23-26,33-35H,1-7H2,(H,21,27)(H,22,28)(H,29,30)(H,31,32)/t8-,9+,10+,15+,16-,17+,18+,19+,20-/m0/s1. The lowest BCUT2D eigenvalue weighted by atomic mass is 9.95. The highest BCUT2D eigenvalue weighted by molar-refractivity contribution is 5.81. The van der Waals surface area contributed by atoms with Gasteiger partial charge in [0, 0.05) is 12.8 Å². The number of carboxylic acids is 2. The van der Waals surface area contributed by atoms with Gasteiger partial charge in [-0.3, -0.25) is 19.2 Å². The molecule has 0 unspecified atom stereocenters. The Kier molecular flexibility index (Phi) is 13.8. The highest BCUT2D eigenvalue weighted by Gasteiger charge is 2.48. The number of hydrogen-bond acceptors (Lipinski definition) is 13. The molecule has 0 aromatic heterocycles. The Bertz CT molecular complexity index is 768. The molecular weight excluding hydrogens is 508 g/mol. The van der Waals surface area contributed by atoms with Gasteiger partial charge in [0.05, 0.1) is 38.7 Å². The topological polar surface area (TPSA) is 293 Å².